The van der Waals surface area contributed by atoms with E-state index in [9.17, 15) is 4.39 Å². The molecule has 19 heavy (non-hydrogen) atoms. The molecule has 100 valence electrons. The maximum atomic E-state index is 13.3. The Balaban J connectivity index is 2.44. The number of hydrogen-bond donors (Lipinski definition) is 1. The number of aryl methyl sites for hydroxylation is 2. The van der Waals surface area contributed by atoms with E-state index in [1.807, 2.05) is 32.0 Å². The standard InChI is InChI=1S/C16H18FNO/c1-10-8-15(19-3)11(2)7-14(10)16(18)12-5-4-6-13(17)9-12/h4-9,16H,18H2,1-3H3. The topological polar surface area (TPSA) is 35.2 Å². The lowest BCUT2D eigenvalue weighted by atomic mass is 9.94. The number of rotatable bonds is 3. The molecule has 0 saturated heterocycles. The molecule has 0 radical (unpaired) electrons. The molecule has 0 spiro atoms. The van der Waals surface area contributed by atoms with Crippen molar-refractivity contribution in [3.05, 3.63) is 64.5 Å². The monoisotopic (exact) mass is 259 g/mol. The second-order valence-electron chi connectivity index (χ2n) is 4.71. The van der Waals surface area contributed by atoms with Crippen LogP contribution in [0.15, 0.2) is 36.4 Å². The molecule has 0 amide bonds. The van der Waals surface area contributed by atoms with Gasteiger partial charge in [-0.1, -0.05) is 18.2 Å². The van der Waals surface area contributed by atoms with Gasteiger partial charge in [0.05, 0.1) is 13.2 Å². The number of nitrogens with two attached hydrogens (primary N) is 1. The van der Waals surface area contributed by atoms with E-state index in [1.165, 1.54) is 12.1 Å². The van der Waals surface area contributed by atoms with Crippen LogP contribution < -0.4 is 10.5 Å². The maximum Gasteiger partial charge on any atom is 0.123 e. The largest absolute Gasteiger partial charge is 0.496 e. The average molecular weight is 259 g/mol. The Morgan fingerprint density at radius 1 is 1.11 bits per heavy atom. The molecule has 1 unspecified atom stereocenters. The van der Waals surface area contributed by atoms with E-state index in [0.717, 1.165) is 28.0 Å². The molecule has 0 aliphatic carbocycles. The Morgan fingerprint density at radius 3 is 2.47 bits per heavy atom. The lowest BCUT2D eigenvalue weighted by Gasteiger charge is -2.17. The molecule has 2 N–H and O–H groups in total. The summed E-state index contributed by atoms with van der Waals surface area (Å²) in [5, 5.41) is 0. The van der Waals surface area contributed by atoms with Crippen LogP contribution in [0.2, 0.25) is 0 Å². The lowest BCUT2D eigenvalue weighted by Crippen LogP contribution is -2.14. The molecule has 0 aliphatic heterocycles. The first-order chi connectivity index (χ1) is 9.02. The molecular weight excluding hydrogens is 241 g/mol. The minimum atomic E-state index is -0.333. The zero-order valence-corrected chi connectivity index (χ0v) is 11.4. The third kappa shape index (κ3) is 2.76. The molecule has 2 rings (SSSR count). The third-order valence-electron chi connectivity index (χ3n) is 3.33. The van der Waals surface area contributed by atoms with E-state index < -0.39 is 0 Å². The Hall–Kier alpha value is -1.87. The third-order valence-corrected chi connectivity index (χ3v) is 3.33. The fourth-order valence-electron chi connectivity index (χ4n) is 2.25. The summed E-state index contributed by atoms with van der Waals surface area (Å²) in [6.45, 7) is 3.95. The summed E-state index contributed by atoms with van der Waals surface area (Å²) >= 11 is 0. The number of ether oxygens (including phenoxy) is 1. The van der Waals surface area contributed by atoms with E-state index in [4.69, 9.17) is 10.5 Å². The SMILES string of the molecule is COc1cc(C)c(C(N)c2cccc(F)c2)cc1C. The van der Waals surface area contributed by atoms with Gasteiger partial charge in [0.25, 0.3) is 0 Å². The van der Waals surface area contributed by atoms with Crippen molar-refractivity contribution in [1.82, 2.24) is 0 Å². The highest BCUT2D eigenvalue weighted by Gasteiger charge is 2.14. The highest BCUT2D eigenvalue weighted by Crippen LogP contribution is 2.29. The van der Waals surface area contributed by atoms with Crippen LogP contribution >= 0.6 is 0 Å². The van der Waals surface area contributed by atoms with Gasteiger partial charge in [0, 0.05) is 0 Å². The van der Waals surface area contributed by atoms with Crippen LogP contribution in [0, 0.1) is 19.7 Å². The van der Waals surface area contributed by atoms with Crippen LogP contribution in [0.4, 0.5) is 4.39 Å². The smallest absolute Gasteiger partial charge is 0.123 e. The number of methoxy groups -OCH3 is 1. The van der Waals surface area contributed by atoms with Crippen LogP contribution in [-0.2, 0) is 0 Å². The maximum absolute atomic E-state index is 13.3. The van der Waals surface area contributed by atoms with Gasteiger partial charge >= 0.3 is 0 Å². The Morgan fingerprint density at radius 2 is 1.84 bits per heavy atom. The van der Waals surface area contributed by atoms with Crippen LogP contribution in [0.5, 0.6) is 5.75 Å². The molecule has 2 aromatic carbocycles. The Kier molecular flexibility index (Phi) is 3.86. The van der Waals surface area contributed by atoms with Gasteiger partial charge in [0.15, 0.2) is 0 Å². The van der Waals surface area contributed by atoms with Crippen molar-refractivity contribution in [2.45, 2.75) is 19.9 Å². The van der Waals surface area contributed by atoms with Crippen molar-refractivity contribution < 1.29 is 9.13 Å². The van der Waals surface area contributed by atoms with Gasteiger partial charge in [-0.25, -0.2) is 4.39 Å². The van der Waals surface area contributed by atoms with Gasteiger partial charge in [-0.15, -0.1) is 0 Å². The molecule has 2 nitrogen and oxygen atoms in total. The van der Waals surface area contributed by atoms with Crippen molar-refractivity contribution >= 4 is 0 Å². The van der Waals surface area contributed by atoms with Crippen molar-refractivity contribution in [3.8, 4) is 5.75 Å². The molecule has 1 atom stereocenters. The van der Waals surface area contributed by atoms with Crippen molar-refractivity contribution in [3.63, 3.8) is 0 Å². The van der Waals surface area contributed by atoms with E-state index in [2.05, 4.69) is 0 Å². The quantitative estimate of drug-likeness (QED) is 0.915. The molecule has 3 heteroatoms. The van der Waals surface area contributed by atoms with Gasteiger partial charge < -0.3 is 10.5 Å². The van der Waals surface area contributed by atoms with Crippen LogP contribution in [0.25, 0.3) is 0 Å². The van der Waals surface area contributed by atoms with Crippen LogP contribution in [0.1, 0.15) is 28.3 Å². The van der Waals surface area contributed by atoms with Gasteiger partial charge in [0.2, 0.25) is 0 Å². The summed E-state index contributed by atoms with van der Waals surface area (Å²) < 4.78 is 18.6. The number of benzene rings is 2. The molecule has 0 aromatic heterocycles. The van der Waals surface area contributed by atoms with Gasteiger partial charge in [0.1, 0.15) is 11.6 Å². The summed E-state index contributed by atoms with van der Waals surface area (Å²) in [5.74, 6) is 0.573. The van der Waals surface area contributed by atoms with Gasteiger partial charge in [-0.05, 0) is 54.3 Å². The zero-order chi connectivity index (χ0) is 14.0. The highest BCUT2D eigenvalue weighted by molar-refractivity contribution is 5.45. The zero-order valence-electron chi connectivity index (χ0n) is 11.4. The second kappa shape index (κ2) is 5.41. The average Bonchev–Trinajstić information content (AvgIpc) is 2.40. The first-order valence-electron chi connectivity index (χ1n) is 6.19. The van der Waals surface area contributed by atoms with E-state index in [0.29, 0.717) is 0 Å². The van der Waals surface area contributed by atoms with E-state index in [1.54, 1.807) is 13.2 Å². The molecule has 0 saturated carbocycles. The molecular formula is C16H18FNO. The van der Waals surface area contributed by atoms with Gasteiger partial charge in [-0.2, -0.15) is 0 Å². The first kappa shape index (κ1) is 13.6. The van der Waals surface area contributed by atoms with Crippen LogP contribution in [0.3, 0.4) is 0 Å². The minimum Gasteiger partial charge on any atom is -0.496 e. The van der Waals surface area contributed by atoms with Gasteiger partial charge in [-0.3, -0.25) is 0 Å². The van der Waals surface area contributed by atoms with E-state index in [-0.39, 0.29) is 11.9 Å². The first-order valence-corrected chi connectivity index (χ1v) is 6.19. The fraction of sp³-hybridized carbons (Fsp3) is 0.250. The second-order valence-corrected chi connectivity index (χ2v) is 4.71. The summed E-state index contributed by atoms with van der Waals surface area (Å²) in [5.41, 5.74) is 10.1. The predicted octanol–water partition coefficient (Wildman–Crippen LogP) is 3.50. The molecule has 2 aromatic rings. The van der Waals surface area contributed by atoms with E-state index >= 15 is 0 Å². The molecule has 0 heterocycles. The summed E-state index contributed by atoms with van der Waals surface area (Å²) in [7, 11) is 1.65. The summed E-state index contributed by atoms with van der Waals surface area (Å²) in [6, 6.07) is 10.0. The molecule has 0 fully saturated rings. The fourth-order valence-corrected chi connectivity index (χ4v) is 2.25. The summed E-state index contributed by atoms with van der Waals surface area (Å²) in [4.78, 5) is 0. The normalized spacial score (nSPS) is 12.3. The molecule has 0 bridgehead atoms. The predicted molar refractivity (Wildman–Crippen MR) is 74.9 cm³/mol. The summed E-state index contributed by atoms with van der Waals surface area (Å²) in [6.07, 6.45) is 0. The molecule has 0 aliphatic rings. The Labute approximate surface area is 113 Å². The van der Waals surface area contributed by atoms with Crippen molar-refractivity contribution in [2.75, 3.05) is 7.11 Å². The van der Waals surface area contributed by atoms with Crippen molar-refractivity contribution in [2.24, 2.45) is 5.73 Å². The van der Waals surface area contributed by atoms with Crippen LogP contribution in [-0.4, -0.2) is 7.11 Å². The van der Waals surface area contributed by atoms with Crippen molar-refractivity contribution in [1.29, 1.82) is 0 Å². The number of halogens is 1. The minimum absolute atomic E-state index is 0.268. The lowest BCUT2D eigenvalue weighted by molar-refractivity contribution is 0.411. The Bertz CT molecular complexity index is 595. The number of hydrogen-bond acceptors (Lipinski definition) is 2. The highest BCUT2D eigenvalue weighted by atomic mass is 19.1.